The van der Waals surface area contributed by atoms with Gasteiger partial charge in [0, 0.05) is 88.4 Å². The Balaban J connectivity index is 1.29. The maximum atomic E-state index is 13.1. The second kappa shape index (κ2) is 9.11. The van der Waals surface area contributed by atoms with E-state index >= 15 is 0 Å². The molecule has 2 aliphatic rings. The van der Waals surface area contributed by atoms with Crippen molar-refractivity contribution in [3.05, 3.63) is 70.5 Å². The summed E-state index contributed by atoms with van der Waals surface area (Å²) >= 11 is 4.35. The van der Waals surface area contributed by atoms with Gasteiger partial charge in [-0.2, -0.15) is 1.33 Å². The number of nitrogens with zero attached hydrogens (tertiary/aromatic N) is 4. The molecule has 8 nitrogen and oxygen atoms in total. The van der Waals surface area contributed by atoms with Crippen LogP contribution in [0.25, 0.3) is 22.0 Å². The molecule has 2 fully saturated rings. The summed E-state index contributed by atoms with van der Waals surface area (Å²) in [5, 5.41) is 0.869. The first kappa shape index (κ1) is 23.5. The lowest BCUT2D eigenvalue weighted by molar-refractivity contribution is -0.136. The van der Waals surface area contributed by atoms with Crippen molar-refractivity contribution in [3.8, 4) is 11.1 Å². The molecule has 2 heterocycles. The minimum atomic E-state index is -0.367. The fourth-order valence-corrected chi connectivity index (χ4v) is 5.83. The molecule has 34 heavy (non-hydrogen) atoms. The Kier molecular flexibility index (Phi) is 6.31. The largest absolute Gasteiger partial charge is 0.337 e. The number of para-hydroxylation sites is 1. The van der Waals surface area contributed by atoms with Crippen LogP contribution >= 0.6 is 45.7 Å². The van der Waals surface area contributed by atoms with Crippen molar-refractivity contribution in [2.75, 3.05) is 32.0 Å². The van der Waals surface area contributed by atoms with Gasteiger partial charge in [0.05, 0.1) is 5.52 Å². The number of carbonyl (C=O) groups is 2. The molecule has 1 aromatic heterocycles. The predicted molar refractivity (Wildman–Crippen MR) is 148 cm³/mol. The summed E-state index contributed by atoms with van der Waals surface area (Å²) in [5.41, 5.74) is 1.76. The monoisotopic (exact) mass is 683 g/mol. The standard InChI is InChI=1S/C24H23I2N5O3/c25-31(26)24(9-10-24)23(34)29-13-11-28(12-14-29)21(32)17-7-5-16(6-8-17)19-15-18-3-1-2-4-20(18)30(27)22(19)33/h1-8,15H,9-14,27H2. The van der Waals surface area contributed by atoms with Gasteiger partial charge < -0.3 is 15.6 Å². The van der Waals surface area contributed by atoms with Crippen LogP contribution in [0.5, 0.6) is 0 Å². The second-order valence-corrected chi connectivity index (χ2v) is 12.5. The number of nitrogens with two attached hydrogens (primary N) is 1. The number of piperazine rings is 1. The van der Waals surface area contributed by atoms with Gasteiger partial charge >= 0.3 is 0 Å². The Hall–Kier alpha value is -2.19. The molecule has 2 amide bonds. The number of amides is 2. The SMILES string of the molecule is Nn1c(=O)c(-c2ccc(C(=O)N3CCN(C(=O)C4(N(I)I)CC4)CC3)cc2)cc2ccccc21. The maximum Gasteiger partial charge on any atom is 0.277 e. The van der Waals surface area contributed by atoms with Crippen molar-refractivity contribution < 1.29 is 9.59 Å². The summed E-state index contributed by atoms with van der Waals surface area (Å²) in [4.78, 5) is 42.4. The summed E-state index contributed by atoms with van der Waals surface area (Å²) in [6.45, 7) is 2.10. The molecular weight excluding hydrogens is 660 g/mol. The van der Waals surface area contributed by atoms with Crippen LogP contribution in [-0.2, 0) is 4.79 Å². The van der Waals surface area contributed by atoms with Crippen molar-refractivity contribution in [2.24, 2.45) is 0 Å². The average Bonchev–Trinajstić information content (AvgIpc) is 3.68. The molecule has 3 aromatic rings. The van der Waals surface area contributed by atoms with Crippen LogP contribution in [0.4, 0.5) is 0 Å². The molecule has 1 aliphatic carbocycles. The van der Waals surface area contributed by atoms with E-state index in [4.69, 9.17) is 5.84 Å². The molecule has 0 bridgehead atoms. The molecule has 2 N–H and O–H groups in total. The number of nitrogen functional groups attached to an aromatic ring is 1. The number of halogens is 2. The number of aromatic nitrogens is 1. The fraction of sp³-hybridized carbons (Fsp3) is 0.292. The summed E-state index contributed by atoms with van der Waals surface area (Å²) in [6, 6.07) is 16.3. The van der Waals surface area contributed by atoms with Crippen LogP contribution in [0.15, 0.2) is 59.4 Å². The number of hydrogen-bond acceptors (Lipinski definition) is 5. The first-order chi connectivity index (χ1) is 16.3. The van der Waals surface area contributed by atoms with Crippen LogP contribution in [0, 0.1) is 0 Å². The Labute approximate surface area is 224 Å². The normalized spacial score (nSPS) is 17.3. The van der Waals surface area contributed by atoms with Crippen LogP contribution in [0.1, 0.15) is 23.2 Å². The molecule has 0 radical (unpaired) electrons. The lowest BCUT2D eigenvalue weighted by atomic mass is 10.0. The zero-order chi connectivity index (χ0) is 24.0. The molecule has 0 spiro atoms. The third-order valence-corrected chi connectivity index (χ3v) is 8.53. The summed E-state index contributed by atoms with van der Waals surface area (Å²) in [7, 11) is 0. The first-order valence-corrected chi connectivity index (χ1v) is 13.0. The van der Waals surface area contributed by atoms with E-state index in [1.807, 2.05) is 30.5 Å². The molecule has 5 rings (SSSR count). The molecule has 10 heteroatoms. The fourth-order valence-electron chi connectivity index (χ4n) is 4.45. The Morgan fingerprint density at radius 1 is 0.912 bits per heavy atom. The number of pyridine rings is 1. The maximum absolute atomic E-state index is 13.1. The number of hydrogen-bond donors (Lipinski definition) is 1. The van der Waals surface area contributed by atoms with E-state index in [0.29, 0.717) is 48.4 Å². The number of carbonyl (C=O) groups excluding carboxylic acids is 2. The molecular formula is C24H23I2N5O3. The van der Waals surface area contributed by atoms with Gasteiger partial charge in [-0.3, -0.25) is 14.4 Å². The van der Waals surface area contributed by atoms with Gasteiger partial charge in [-0.05, 0) is 42.7 Å². The lowest BCUT2D eigenvalue weighted by Gasteiger charge is -2.37. The summed E-state index contributed by atoms with van der Waals surface area (Å²) in [5.74, 6) is 6.11. The third-order valence-electron chi connectivity index (χ3n) is 6.69. The minimum Gasteiger partial charge on any atom is -0.337 e. The van der Waals surface area contributed by atoms with E-state index in [1.54, 1.807) is 35.2 Å². The number of fused-ring (bicyclic) bond motifs is 1. The Morgan fingerprint density at radius 2 is 1.53 bits per heavy atom. The third kappa shape index (κ3) is 4.09. The molecule has 1 saturated heterocycles. The van der Waals surface area contributed by atoms with E-state index in [0.717, 1.165) is 22.9 Å². The smallest absolute Gasteiger partial charge is 0.277 e. The van der Waals surface area contributed by atoms with Crippen molar-refractivity contribution in [1.29, 1.82) is 0 Å². The average molecular weight is 683 g/mol. The Morgan fingerprint density at radius 3 is 2.15 bits per heavy atom. The van der Waals surface area contributed by atoms with Gasteiger partial charge in [0.1, 0.15) is 5.54 Å². The molecule has 0 atom stereocenters. The van der Waals surface area contributed by atoms with E-state index in [2.05, 4.69) is 45.7 Å². The van der Waals surface area contributed by atoms with Gasteiger partial charge in [-0.1, -0.05) is 30.3 Å². The Bertz CT molecular complexity index is 1330. The van der Waals surface area contributed by atoms with Crippen LogP contribution in [0.2, 0.25) is 0 Å². The number of benzene rings is 2. The summed E-state index contributed by atoms with van der Waals surface area (Å²) in [6.07, 6.45) is 1.77. The van der Waals surface area contributed by atoms with E-state index < -0.39 is 0 Å². The zero-order valence-electron chi connectivity index (χ0n) is 18.3. The molecule has 1 aliphatic heterocycles. The quantitative estimate of drug-likeness (QED) is 0.260. The van der Waals surface area contributed by atoms with Gasteiger partial charge in [0.25, 0.3) is 11.5 Å². The topological polar surface area (TPSA) is 91.9 Å². The van der Waals surface area contributed by atoms with E-state index in [9.17, 15) is 14.4 Å². The highest BCUT2D eigenvalue weighted by atomic mass is 127. The van der Waals surface area contributed by atoms with Crippen LogP contribution in [-0.4, -0.2) is 59.3 Å². The van der Waals surface area contributed by atoms with Gasteiger partial charge in [-0.15, -0.1) is 0 Å². The van der Waals surface area contributed by atoms with Gasteiger partial charge in [-0.25, -0.2) is 4.68 Å². The van der Waals surface area contributed by atoms with Crippen LogP contribution < -0.4 is 11.4 Å². The van der Waals surface area contributed by atoms with Crippen LogP contribution in [0.3, 0.4) is 0 Å². The minimum absolute atomic E-state index is 0.0704. The lowest BCUT2D eigenvalue weighted by Crippen LogP contribution is -2.54. The molecule has 2 aromatic carbocycles. The van der Waals surface area contributed by atoms with Crippen molar-refractivity contribution >= 4 is 68.4 Å². The highest BCUT2D eigenvalue weighted by Crippen LogP contribution is 2.47. The predicted octanol–water partition coefficient (Wildman–Crippen LogP) is 3.20. The highest BCUT2D eigenvalue weighted by Gasteiger charge is 2.55. The van der Waals surface area contributed by atoms with Crippen molar-refractivity contribution in [3.63, 3.8) is 0 Å². The molecule has 0 unspecified atom stereocenters. The van der Waals surface area contributed by atoms with Crippen molar-refractivity contribution in [2.45, 2.75) is 18.4 Å². The van der Waals surface area contributed by atoms with E-state index in [-0.39, 0.29) is 22.9 Å². The molecule has 1 saturated carbocycles. The summed E-state index contributed by atoms with van der Waals surface area (Å²) < 4.78 is 3.12. The first-order valence-electron chi connectivity index (χ1n) is 11.0. The second-order valence-electron chi connectivity index (χ2n) is 8.72. The van der Waals surface area contributed by atoms with Gasteiger partial charge in [0.15, 0.2) is 0 Å². The molecule has 176 valence electrons. The van der Waals surface area contributed by atoms with E-state index in [1.165, 1.54) is 0 Å². The van der Waals surface area contributed by atoms with Gasteiger partial charge in [0.2, 0.25) is 5.91 Å². The van der Waals surface area contributed by atoms with Crippen molar-refractivity contribution in [1.82, 2.24) is 15.8 Å². The highest BCUT2D eigenvalue weighted by molar-refractivity contribution is 14.2. The zero-order valence-corrected chi connectivity index (χ0v) is 22.6. The number of rotatable bonds is 4.